The molecule has 3 heteroatoms. The van der Waals surface area contributed by atoms with Gasteiger partial charge in [0, 0.05) is 13.1 Å². The minimum absolute atomic E-state index is 0.244. The van der Waals surface area contributed by atoms with Crippen LogP contribution < -0.4 is 0 Å². The fraction of sp³-hybridized carbons (Fsp3) is 0.909. The molecule has 0 aromatic heterocycles. The zero-order valence-electron chi connectivity index (χ0n) is 9.58. The van der Waals surface area contributed by atoms with Crippen LogP contribution in [0.4, 0.5) is 0 Å². The van der Waals surface area contributed by atoms with Gasteiger partial charge in [0.15, 0.2) is 6.10 Å². The van der Waals surface area contributed by atoms with E-state index in [1.165, 1.54) is 6.92 Å². The topological polar surface area (TPSA) is 40.2 Å². The van der Waals surface area contributed by atoms with E-state index in [9.17, 15) is 9.90 Å². The van der Waals surface area contributed by atoms with Crippen molar-refractivity contribution in [1.82, 2.24) is 4.90 Å². The first-order valence-electron chi connectivity index (χ1n) is 5.58. The average molecular weight is 200 g/mol. The molecule has 3 nitrogen and oxygen atoms in total. The van der Waals surface area contributed by atoms with Crippen LogP contribution in [0, 0.1) is 0 Å². The predicted octanol–water partition coefficient (Wildman–Crippen LogP) is 2.23. The number of hydrogen-bond donors (Lipinski definition) is 0. The monoisotopic (exact) mass is 200 g/mol. The van der Waals surface area contributed by atoms with Crippen molar-refractivity contribution >= 4 is 5.91 Å². The summed E-state index contributed by atoms with van der Waals surface area (Å²) in [6.45, 7) is 7.07. The smallest absolute Gasteiger partial charge is 0.254 e. The number of rotatable bonds is 7. The third kappa shape index (κ3) is 5.22. The van der Waals surface area contributed by atoms with Gasteiger partial charge in [0.05, 0.1) is 0 Å². The Kier molecular flexibility index (Phi) is 7.48. The van der Waals surface area contributed by atoms with Crippen molar-refractivity contribution in [2.75, 3.05) is 13.1 Å². The first-order chi connectivity index (χ1) is 6.63. The molecule has 0 bridgehead atoms. The maximum Gasteiger partial charge on any atom is 0.254 e. The molecule has 0 N–H and O–H groups in total. The zero-order valence-corrected chi connectivity index (χ0v) is 9.58. The second kappa shape index (κ2) is 7.80. The van der Waals surface area contributed by atoms with Gasteiger partial charge in [-0.2, -0.15) is 0 Å². The van der Waals surface area contributed by atoms with Crippen LogP contribution in [0.5, 0.6) is 0 Å². The van der Waals surface area contributed by atoms with Gasteiger partial charge in [0.1, 0.15) is 0 Å². The summed E-state index contributed by atoms with van der Waals surface area (Å²) in [6.07, 6.45) is 2.99. The Labute approximate surface area is 87.1 Å². The van der Waals surface area contributed by atoms with Crippen LogP contribution in [0.3, 0.4) is 0 Å². The molecule has 1 amide bonds. The average Bonchev–Trinajstić information content (AvgIpc) is 2.17. The van der Waals surface area contributed by atoms with Crippen LogP contribution in [-0.2, 0) is 9.90 Å². The molecule has 0 aromatic rings. The molecular formula is C11H22NO2. The molecule has 0 aromatic carbocycles. The van der Waals surface area contributed by atoms with E-state index < -0.39 is 6.10 Å². The number of hydrogen-bond acceptors (Lipinski definition) is 1. The third-order valence-electron chi connectivity index (χ3n) is 2.22. The SMILES string of the molecule is CCCCN(CCCC)C(=O)C(C)[O]. The molecule has 0 aliphatic carbocycles. The van der Waals surface area contributed by atoms with Crippen molar-refractivity contribution in [3.8, 4) is 0 Å². The van der Waals surface area contributed by atoms with Gasteiger partial charge in [-0.15, -0.1) is 0 Å². The number of carbonyl (C=O) groups excluding carboxylic acids is 1. The van der Waals surface area contributed by atoms with E-state index in [2.05, 4.69) is 13.8 Å². The van der Waals surface area contributed by atoms with Gasteiger partial charge < -0.3 is 4.90 Å². The zero-order chi connectivity index (χ0) is 11.0. The van der Waals surface area contributed by atoms with Crippen molar-refractivity contribution < 1.29 is 9.90 Å². The standard InChI is InChI=1S/C11H22NO2/c1-4-6-8-12(9-7-5-2)11(14)10(3)13/h10H,4-9H2,1-3H3. The van der Waals surface area contributed by atoms with E-state index >= 15 is 0 Å². The van der Waals surface area contributed by atoms with Gasteiger partial charge in [0.25, 0.3) is 5.91 Å². The molecule has 14 heavy (non-hydrogen) atoms. The van der Waals surface area contributed by atoms with Gasteiger partial charge in [-0.3, -0.25) is 4.79 Å². The highest BCUT2D eigenvalue weighted by atomic mass is 16.3. The van der Waals surface area contributed by atoms with Gasteiger partial charge in [-0.25, -0.2) is 5.11 Å². The van der Waals surface area contributed by atoms with Crippen molar-refractivity contribution in [1.29, 1.82) is 0 Å². The van der Waals surface area contributed by atoms with Crippen molar-refractivity contribution in [2.24, 2.45) is 0 Å². The fourth-order valence-electron chi connectivity index (χ4n) is 1.29. The minimum atomic E-state index is -1.11. The lowest BCUT2D eigenvalue weighted by atomic mass is 10.2. The molecule has 0 fully saturated rings. The van der Waals surface area contributed by atoms with E-state index in [0.29, 0.717) is 0 Å². The van der Waals surface area contributed by atoms with E-state index in [0.717, 1.165) is 38.8 Å². The first kappa shape index (κ1) is 13.4. The van der Waals surface area contributed by atoms with Crippen molar-refractivity contribution in [2.45, 2.75) is 52.6 Å². The Balaban J connectivity index is 4.01. The summed E-state index contributed by atoms with van der Waals surface area (Å²) in [6, 6.07) is 0. The van der Waals surface area contributed by atoms with Crippen LogP contribution in [0.1, 0.15) is 46.5 Å². The highest BCUT2D eigenvalue weighted by Gasteiger charge is 2.18. The normalized spacial score (nSPS) is 12.6. The quantitative estimate of drug-likeness (QED) is 0.621. The van der Waals surface area contributed by atoms with E-state index in [1.807, 2.05) is 0 Å². The molecular weight excluding hydrogens is 178 g/mol. The number of carbonyl (C=O) groups is 1. The first-order valence-corrected chi connectivity index (χ1v) is 5.58. The molecule has 0 saturated carbocycles. The maximum absolute atomic E-state index is 11.5. The molecule has 0 aliphatic heterocycles. The Bertz CT molecular complexity index is 149. The van der Waals surface area contributed by atoms with Crippen LogP contribution in [-0.4, -0.2) is 30.0 Å². The molecule has 0 rings (SSSR count). The molecule has 1 atom stereocenters. The van der Waals surface area contributed by atoms with Crippen LogP contribution >= 0.6 is 0 Å². The molecule has 1 unspecified atom stereocenters. The third-order valence-corrected chi connectivity index (χ3v) is 2.22. The van der Waals surface area contributed by atoms with Gasteiger partial charge in [-0.05, 0) is 19.8 Å². The minimum Gasteiger partial charge on any atom is -0.340 e. The van der Waals surface area contributed by atoms with E-state index in [-0.39, 0.29) is 5.91 Å². The molecule has 1 radical (unpaired) electrons. The molecule has 83 valence electrons. The predicted molar refractivity (Wildman–Crippen MR) is 56.5 cm³/mol. The summed E-state index contributed by atoms with van der Waals surface area (Å²) in [7, 11) is 0. The Morgan fingerprint density at radius 3 is 1.86 bits per heavy atom. The Hall–Kier alpha value is -0.570. The van der Waals surface area contributed by atoms with Crippen LogP contribution in [0.25, 0.3) is 0 Å². The Morgan fingerprint density at radius 2 is 1.57 bits per heavy atom. The molecule has 0 heterocycles. The Morgan fingerprint density at radius 1 is 1.14 bits per heavy atom. The summed E-state index contributed by atoms with van der Waals surface area (Å²) in [5.41, 5.74) is 0. The summed E-state index contributed by atoms with van der Waals surface area (Å²) in [5.74, 6) is -0.244. The summed E-state index contributed by atoms with van der Waals surface area (Å²) in [4.78, 5) is 13.2. The maximum atomic E-state index is 11.5. The lowest BCUT2D eigenvalue weighted by molar-refractivity contribution is -0.142. The number of amides is 1. The van der Waals surface area contributed by atoms with Crippen molar-refractivity contribution in [3.05, 3.63) is 0 Å². The number of unbranched alkanes of at least 4 members (excludes halogenated alkanes) is 2. The van der Waals surface area contributed by atoms with Gasteiger partial charge in [-0.1, -0.05) is 26.7 Å². The fourth-order valence-corrected chi connectivity index (χ4v) is 1.29. The largest absolute Gasteiger partial charge is 0.340 e. The molecule has 0 spiro atoms. The van der Waals surface area contributed by atoms with Crippen molar-refractivity contribution in [3.63, 3.8) is 0 Å². The van der Waals surface area contributed by atoms with Gasteiger partial charge >= 0.3 is 0 Å². The highest BCUT2D eigenvalue weighted by Crippen LogP contribution is 2.02. The van der Waals surface area contributed by atoms with Crippen LogP contribution in [0.2, 0.25) is 0 Å². The lowest BCUT2D eigenvalue weighted by Gasteiger charge is -2.22. The molecule has 0 saturated heterocycles. The highest BCUT2D eigenvalue weighted by molar-refractivity contribution is 5.80. The van der Waals surface area contributed by atoms with Crippen LogP contribution in [0.15, 0.2) is 0 Å². The van der Waals surface area contributed by atoms with E-state index in [4.69, 9.17) is 0 Å². The van der Waals surface area contributed by atoms with E-state index in [1.54, 1.807) is 4.90 Å². The second-order valence-corrected chi connectivity index (χ2v) is 3.67. The van der Waals surface area contributed by atoms with Gasteiger partial charge in [0.2, 0.25) is 0 Å². The summed E-state index contributed by atoms with van der Waals surface area (Å²) < 4.78 is 0. The summed E-state index contributed by atoms with van der Waals surface area (Å²) in [5, 5.41) is 11.0. The lowest BCUT2D eigenvalue weighted by Crippen LogP contribution is -2.38. The molecule has 0 aliphatic rings. The summed E-state index contributed by atoms with van der Waals surface area (Å²) >= 11 is 0. The number of nitrogens with zero attached hydrogens (tertiary/aromatic N) is 1. The second-order valence-electron chi connectivity index (χ2n) is 3.67.